The fourth-order valence-electron chi connectivity index (χ4n) is 2.30. The third-order valence-electron chi connectivity index (χ3n) is 3.57. The molecule has 1 heterocycles. The summed E-state index contributed by atoms with van der Waals surface area (Å²) in [5.41, 5.74) is 0.249. The van der Waals surface area contributed by atoms with Crippen LogP contribution in [0.5, 0.6) is 5.75 Å². The molecular weight excluding hydrogens is 330 g/mol. The van der Waals surface area contributed by atoms with Crippen molar-refractivity contribution in [3.8, 4) is 5.75 Å². The van der Waals surface area contributed by atoms with Gasteiger partial charge < -0.3 is 19.9 Å². The van der Waals surface area contributed by atoms with Crippen LogP contribution >= 0.6 is 11.6 Å². The first kappa shape index (κ1) is 18.0. The van der Waals surface area contributed by atoms with E-state index in [1.165, 1.54) is 10.6 Å². The number of pyridine rings is 1. The lowest BCUT2D eigenvalue weighted by atomic mass is 10.2. The first-order valence-electron chi connectivity index (χ1n) is 7.44. The summed E-state index contributed by atoms with van der Waals surface area (Å²) in [6.45, 7) is 2.78. The van der Waals surface area contributed by atoms with Crippen LogP contribution in [0.2, 0.25) is 5.02 Å². The molecule has 1 aromatic heterocycles. The summed E-state index contributed by atoms with van der Waals surface area (Å²) in [6, 6.07) is 8.00. The Morgan fingerprint density at radius 1 is 1.33 bits per heavy atom. The molecule has 0 bridgehead atoms. The van der Waals surface area contributed by atoms with Crippen molar-refractivity contribution in [1.29, 1.82) is 0 Å². The van der Waals surface area contributed by atoms with E-state index in [0.717, 1.165) is 0 Å². The summed E-state index contributed by atoms with van der Waals surface area (Å²) >= 11 is 5.88. The van der Waals surface area contributed by atoms with Gasteiger partial charge in [0.2, 0.25) is 0 Å². The standard InChI is InChI=1S/C17H20ClN3O3/c1-11-9-14(22)15(17(24)21(11)8-7-20(2)3)16(23)19-13-6-4-5-12(18)10-13/h4-6,9-10,22H,7-8H2,1-3H3,(H,19,23). The fraction of sp³-hybridized carbons (Fsp3) is 0.294. The molecule has 24 heavy (non-hydrogen) atoms. The van der Waals surface area contributed by atoms with Gasteiger partial charge in [0.15, 0.2) is 0 Å². The van der Waals surface area contributed by atoms with Gasteiger partial charge in [-0.2, -0.15) is 0 Å². The zero-order valence-corrected chi connectivity index (χ0v) is 14.6. The maximum Gasteiger partial charge on any atom is 0.267 e. The highest BCUT2D eigenvalue weighted by molar-refractivity contribution is 6.31. The molecule has 0 spiro atoms. The van der Waals surface area contributed by atoms with Crippen LogP contribution in [0.4, 0.5) is 5.69 Å². The number of halogens is 1. The molecule has 2 rings (SSSR count). The van der Waals surface area contributed by atoms with Gasteiger partial charge in [-0.15, -0.1) is 0 Å². The van der Waals surface area contributed by atoms with Crippen LogP contribution in [0, 0.1) is 6.92 Å². The second-order valence-corrected chi connectivity index (χ2v) is 6.21. The molecule has 0 saturated heterocycles. The Morgan fingerprint density at radius 2 is 2.04 bits per heavy atom. The number of carbonyl (C=O) groups is 1. The molecule has 2 N–H and O–H groups in total. The van der Waals surface area contributed by atoms with Crippen molar-refractivity contribution in [2.45, 2.75) is 13.5 Å². The predicted molar refractivity (Wildman–Crippen MR) is 95.1 cm³/mol. The van der Waals surface area contributed by atoms with Gasteiger partial charge in [-0.25, -0.2) is 0 Å². The van der Waals surface area contributed by atoms with E-state index in [-0.39, 0.29) is 11.3 Å². The normalized spacial score (nSPS) is 10.9. The molecule has 0 aliphatic heterocycles. The van der Waals surface area contributed by atoms with Gasteiger partial charge in [-0.3, -0.25) is 9.59 Å². The Balaban J connectivity index is 2.36. The van der Waals surface area contributed by atoms with Gasteiger partial charge in [0.25, 0.3) is 11.5 Å². The summed E-state index contributed by atoms with van der Waals surface area (Å²) in [5, 5.41) is 13.1. The van der Waals surface area contributed by atoms with Crippen molar-refractivity contribution < 1.29 is 9.90 Å². The number of carbonyl (C=O) groups excluding carboxylic acids is 1. The predicted octanol–water partition coefficient (Wildman–Crippen LogP) is 2.33. The summed E-state index contributed by atoms with van der Waals surface area (Å²) in [4.78, 5) is 27.0. The number of aryl methyl sites for hydroxylation is 1. The second kappa shape index (κ2) is 7.51. The van der Waals surface area contributed by atoms with Gasteiger partial charge in [-0.1, -0.05) is 17.7 Å². The molecule has 0 fully saturated rings. The molecule has 7 heteroatoms. The number of rotatable bonds is 5. The molecule has 0 atom stereocenters. The van der Waals surface area contributed by atoms with Crippen molar-refractivity contribution in [3.63, 3.8) is 0 Å². The topological polar surface area (TPSA) is 74.6 Å². The molecule has 0 aliphatic rings. The molecule has 2 aromatic rings. The summed E-state index contributed by atoms with van der Waals surface area (Å²) in [6.07, 6.45) is 0. The van der Waals surface area contributed by atoms with E-state index in [2.05, 4.69) is 5.32 Å². The molecule has 128 valence electrons. The average molecular weight is 350 g/mol. The number of hydrogen-bond donors (Lipinski definition) is 2. The minimum atomic E-state index is -0.668. The molecule has 0 radical (unpaired) electrons. The van der Waals surface area contributed by atoms with Crippen LogP contribution in [-0.2, 0) is 6.54 Å². The van der Waals surface area contributed by atoms with E-state index >= 15 is 0 Å². The number of likely N-dealkylation sites (N-methyl/N-ethyl adjacent to an activating group) is 1. The molecule has 0 aliphatic carbocycles. The number of amides is 1. The van der Waals surface area contributed by atoms with Crippen molar-refractivity contribution in [3.05, 3.63) is 57.0 Å². The van der Waals surface area contributed by atoms with Crippen LogP contribution in [0.15, 0.2) is 35.1 Å². The lowest BCUT2D eigenvalue weighted by Crippen LogP contribution is -2.33. The third-order valence-corrected chi connectivity index (χ3v) is 3.80. The average Bonchev–Trinajstić information content (AvgIpc) is 2.46. The van der Waals surface area contributed by atoms with Crippen LogP contribution < -0.4 is 10.9 Å². The number of aromatic hydroxyl groups is 1. The minimum Gasteiger partial charge on any atom is -0.507 e. The maximum atomic E-state index is 12.6. The largest absolute Gasteiger partial charge is 0.507 e. The Bertz CT molecular complexity index is 815. The summed E-state index contributed by atoms with van der Waals surface area (Å²) in [7, 11) is 3.79. The monoisotopic (exact) mass is 349 g/mol. The Labute approximate surface area is 145 Å². The van der Waals surface area contributed by atoms with Gasteiger partial charge in [-0.05, 0) is 39.2 Å². The van der Waals surface area contributed by atoms with Crippen molar-refractivity contribution in [1.82, 2.24) is 9.47 Å². The number of nitrogens with one attached hydrogen (secondary N) is 1. The smallest absolute Gasteiger partial charge is 0.267 e. The highest BCUT2D eigenvalue weighted by atomic mass is 35.5. The highest BCUT2D eigenvalue weighted by Gasteiger charge is 2.20. The van der Waals surface area contributed by atoms with Gasteiger partial charge in [0, 0.05) is 35.6 Å². The quantitative estimate of drug-likeness (QED) is 0.868. The SMILES string of the molecule is Cc1cc(O)c(C(=O)Nc2cccc(Cl)c2)c(=O)n1CCN(C)C. The first-order valence-corrected chi connectivity index (χ1v) is 7.82. The van der Waals surface area contributed by atoms with E-state index in [1.54, 1.807) is 31.2 Å². The zero-order valence-electron chi connectivity index (χ0n) is 13.8. The Morgan fingerprint density at radius 3 is 2.67 bits per heavy atom. The zero-order chi connectivity index (χ0) is 17.9. The number of nitrogens with zero attached hydrogens (tertiary/aromatic N) is 2. The van der Waals surface area contributed by atoms with E-state index in [1.807, 2.05) is 19.0 Å². The Kier molecular flexibility index (Phi) is 5.64. The van der Waals surface area contributed by atoms with Crippen molar-refractivity contribution >= 4 is 23.2 Å². The number of aromatic nitrogens is 1. The van der Waals surface area contributed by atoms with Gasteiger partial charge in [0.05, 0.1) is 0 Å². The van der Waals surface area contributed by atoms with Gasteiger partial charge in [0.1, 0.15) is 11.3 Å². The third kappa shape index (κ3) is 4.15. The van der Waals surface area contributed by atoms with Crippen LogP contribution in [0.25, 0.3) is 0 Å². The lowest BCUT2D eigenvalue weighted by Gasteiger charge is -2.16. The number of hydrogen-bond acceptors (Lipinski definition) is 4. The Hall–Kier alpha value is -2.31. The van der Waals surface area contributed by atoms with Crippen LogP contribution in [0.1, 0.15) is 16.1 Å². The highest BCUT2D eigenvalue weighted by Crippen LogP contribution is 2.19. The number of anilines is 1. The number of benzene rings is 1. The van der Waals surface area contributed by atoms with E-state index < -0.39 is 11.5 Å². The lowest BCUT2D eigenvalue weighted by molar-refractivity contribution is 0.102. The van der Waals surface area contributed by atoms with Crippen LogP contribution in [0.3, 0.4) is 0 Å². The van der Waals surface area contributed by atoms with Crippen molar-refractivity contribution in [2.75, 3.05) is 26.0 Å². The molecular formula is C17H20ClN3O3. The summed E-state index contributed by atoms with van der Waals surface area (Å²) < 4.78 is 1.48. The van der Waals surface area contributed by atoms with Crippen molar-refractivity contribution in [2.24, 2.45) is 0 Å². The van der Waals surface area contributed by atoms with E-state index in [0.29, 0.717) is 29.5 Å². The second-order valence-electron chi connectivity index (χ2n) is 5.77. The molecule has 0 unspecified atom stereocenters. The molecule has 0 saturated carbocycles. The first-order chi connectivity index (χ1) is 11.3. The fourth-order valence-corrected chi connectivity index (χ4v) is 2.49. The molecule has 6 nitrogen and oxygen atoms in total. The van der Waals surface area contributed by atoms with Gasteiger partial charge >= 0.3 is 0 Å². The van der Waals surface area contributed by atoms with Crippen LogP contribution in [-0.4, -0.2) is 41.1 Å². The van der Waals surface area contributed by atoms with E-state index in [9.17, 15) is 14.7 Å². The molecule has 1 aromatic carbocycles. The minimum absolute atomic E-state index is 0.278. The molecule has 1 amide bonds. The maximum absolute atomic E-state index is 12.6. The van der Waals surface area contributed by atoms with E-state index in [4.69, 9.17) is 11.6 Å². The summed E-state index contributed by atoms with van der Waals surface area (Å²) in [5.74, 6) is -1.00.